The topological polar surface area (TPSA) is 71.2 Å². The molecule has 0 aliphatic carbocycles. The van der Waals surface area contributed by atoms with Crippen molar-refractivity contribution in [3.05, 3.63) is 136 Å². The Kier molecular flexibility index (Phi) is 4.91. The first-order valence-electron chi connectivity index (χ1n) is 11.8. The molecule has 7 nitrogen and oxygen atoms in total. The van der Waals surface area contributed by atoms with Crippen molar-refractivity contribution in [2.45, 2.75) is 25.3 Å². The molecule has 0 radical (unpaired) electrons. The average molecular weight is 477 g/mol. The van der Waals surface area contributed by atoms with Crippen molar-refractivity contribution in [1.82, 2.24) is 0 Å². The first kappa shape index (κ1) is 22.0. The quantitative estimate of drug-likeness (QED) is 0.253. The van der Waals surface area contributed by atoms with Crippen molar-refractivity contribution in [2.75, 3.05) is 9.91 Å². The normalized spacial score (nSPS) is 19.9. The number of para-hydroxylation sites is 1. The van der Waals surface area contributed by atoms with Crippen molar-refractivity contribution in [2.24, 2.45) is 5.10 Å². The van der Waals surface area contributed by atoms with Crippen LogP contribution in [0, 0.1) is 10.1 Å². The number of nitro groups is 1. The van der Waals surface area contributed by atoms with Gasteiger partial charge in [0.05, 0.1) is 21.9 Å². The van der Waals surface area contributed by atoms with Crippen molar-refractivity contribution < 1.29 is 9.66 Å². The summed E-state index contributed by atoms with van der Waals surface area (Å²) in [6, 6.07) is 34.6. The Morgan fingerprint density at radius 2 is 1.42 bits per heavy atom. The standard InChI is InChI=1S/C29H24N4O3/c1-28(2)25-15-9-10-16-26(25)31-27(21-11-5-3-6-12-21)30-32(23-17-19-24(20-18-23)33(34)35)29(31,36-28)22-13-7-4-8-14-22/h3-20H,1-2H3. The highest BCUT2D eigenvalue weighted by atomic mass is 16.6. The molecule has 7 heteroatoms. The Bertz CT molecular complexity index is 1470. The molecule has 2 aliphatic rings. The van der Waals surface area contributed by atoms with E-state index in [9.17, 15) is 10.1 Å². The van der Waals surface area contributed by atoms with E-state index in [-0.39, 0.29) is 5.69 Å². The van der Waals surface area contributed by atoms with Gasteiger partial charge in [0.25, 0.3) is 11.5 Å². The number of nitrogens with zero attached hydrogens (tertiary/aromatic N) is 4. The predicted octanol–water partition coefficient (Wildman–Crippen LogP) is 6.36. The maximum absolute atomic E-state index is 11.3. The first-order chi connectivity index (χ1) is 17.4. The van der Waals surface area contributed by atoms with E-state index < -0.39 is 16.4 Å². The zero-order valence-electron chi connectivity index (χ0n) is 19.9. The van der Waals surface area contributed by atoms with Crippen molar-refractivity contribution in [3.63, 3.8) is 0 Å². The van der Waals surface area contributed by atoms with Crippen LogP contribution >= 0.6 is 0 Å². The number of hydrogen-bond donors (Lipinski definition) is 0. The highest BCUT2D eigenvalue weighted by molar-refractivity contribution is 6.14. The fraction of sp³-hybridized carbons (Fsp3) is 0.138. The molecular weight excluding hydrogens is 452 g/mol. The summed E-state index contributed by atoms with van der Waals surface area (Å²) in [6.45, 7) is 4.12. The third-order valence-corrected chi connectivity index (χ3v) is 6.67. The highest BCUT2D eigenvalue weighted by Gasteiger charge is 2.59. The van der Waals surface area contributed by atoms with Crippen LogP contribution in [0.4, 0.5) is 17.1 Å². The number of amidine groups is 1. The number of anilines is 2. The lowest BCUT2D eigenvalue weighted by molar-refractivity contribution is -0.384. The van der Waals surface area contributed by atoms with Gasteiger partial charge in [0.1, 0.15) is 0 Å². The Morgan fingerprint density at radius 3 is 2.08 bits per heavy atom. The highest BCUT2D eigenvalue weighted by Crippen LogP contribution is 2.54. The number of rotatable bonds is 4. The van der Waals surface area contributed by atoms with E-state index >= 15 is 0 Å². The average Bonchev–Trinajstić information content (AvgIpc) is 3.25. The molecular formula is C29H24N4O3. The van der Waals surface area contributed by atoms with Crippen LogP contribution in [0.5, 0.6) is 0 Å². The van der Waals surface area contributed by atoms with Crippen molar-refractivity contribution in [3.8, 4) is 0 Å². The summed E-state index contributed by atoms with van der Waals surface area (Å²) in [6.07, 6.45) is 0. The minimum absolute atomic E-state index is 0.0195. The van der Waals surface area contributed by atoms with E-state index in [1.807, 2.05) is 77.8 Å². The number of nitro benzene ring substituents is 1. The number of fused-ring (bicyclic) bond motifs is 3. The van der Waals surface area contributed by atoms with Gasteiger partial charge in [-0.25, -0.2) is 5.01 Å². The van der Waals surface area contributed by atoms with Gasteiger partial charge in [-0.05, 0) is 32.0 Å². The van der Waals surface area contributed by atoms with Crippen LogP contribution in [0.2, 0.25) is 0 Å². The van der Waals surface area contributed by atoms with Gasteiger partial charge in [0.15, 0.2) is 5.84 Å². The van der Waals surface area contributed by atoms with Crippen LogP contribution < -0.4 is 9.91 Å². The van der Waals surface area contributed by atoms with Crippen LogP contribution in [-0.4, -0.2) is 10.8 Å². The van der Waals surface area contributed by atoms with Crippen LogP contribution in [0.15, 0.2) is 114 Å². The molecule has 0 N–H and O–H groups in total. The number of hydrazone groups is 1. The molecule has 0 spiro atoms. The number of ether oxygens (including phenoxy) is 1. The molecule has 2 aliphatic heterocycles. The molecule has 1 unspecified atom stereocenters. The van der Waals surface area contributed by atoms with Crippen LogP contribution in [-0.2, 0) is 16.2 Å². The lowest BCUT2D eigenvalue weighted by Crippen LogP contribution is -2.61. The lowest BCUT2D eigenvalue weighted by atomic mass is 9.90. The molecule has 36 heavy (non-hydrogen) atoms. The molecule has 2 heterocycles. The zero-order valence-corrected chi connectivity index (χ0v) is 19.9. The molecule has 0 bridgehead atoms. The second kappa shape index (κ2) is 8.03. The molecule has 0 saturated heterocycles. The molecule has 0 fully saturated rings. The van der Waals surface area contributed by atoms with Gasteiger partial charge in [-0.3, -0.25) is 15.0 Å². The summed E-state index contributed by atoms with van der Waals surface area (Å²) in [7, 11) is 0. The monoisotopic (exact) mass is 476 g/mol. The molecule has 0 saturated carbocycles. The maximum Gasteiger partial charge on any atom is 0.275 e. The van der Waals surface area contributed by atoms with Gasteiger partial charge in [0.2, 0.25) is 0 Å². The van der Waals surface area contributed by atoms with E-state index in [0.29, 0.717) is 5.69 Å². The summed E-state index contributed by atoms with van der Waals surface area (Å²) in [4.78, 5) is 13.1. The number of hydrogen-bond acceptors (Lipinski definition) is 6. The summed E-state index contributed by atoms with van der Waals surface area (Å²) >= 11 is 0. The third kappa shape index (κ3) is 3.21. The Morgan fingerprint density at radius 1 is 0.806 bits per heavy atom. The van der Waals surface area contributed by atoms with Gasteiger partial charge >= 0.3 is 0 Å². The first-order valence-corrected chi connectivity index (χ1v) is 11.8. The molecule has 4 aromatic carbocycles. The third-order valence-electron chi connectivity index (χ3n) is 6.67. The van der Waals surface area contributed by atoms with Crippen LogP contribution in [0.3, 0.4) is 0 Å². The Balaban J connectivity index is 1.67. The predicted molar refractivity (Wildman–Crippen MR) is 140 cm³/mol. The minimum Gasteiger partial charge on any atom is -0.322 e. The second-order valence-corrected chi connectivity index (χ2v) is 9.31. The van der Waals surface area contributed by atoms with Crippen molar-refractivity contribution >= 4 is 22.9 Å². The fourth-order valence-electron chi connectivity index (χ4n) is 5.09. The lowest BCUT2D eigenvalue weighted by Gasteiger charge is -2.52. The fourth-order valence-corrected chi connectivity index (χ4v) is 5.09. The summed E-state index contributed by atoms with van der Waals surface area (Å²) in [5.41, 5.74) is 3.89. The van der Waals surface area contributed by atoms with E-state index in [1.165, 1.54) is 12.1 Å². The van der Waals surface area contributed by atoms with E-state index in [0.717, 1.165) is 28.2 Å². The van der Waals surface area contributed by atoms with Crippen molar-refractivity contribution in [1.29, 1.82) is 0 Å². The summed E-state index contributed by atoms with van der Waals surface area (Å²) < 4.78 is 7.10. The van der Waals surface area contributed by atoms with Gasteiger partial charge in [-0.15, -0.1) is 5.10 Å². The van der Waals surface area contributed by atoms with E-state index in [1.54, 1.807) is 12.1 Å². The van der Waals surface area contributed by atoms with E-state index in [2.05, 4.69) is 30.9 Å². The molecule has 4 aromatic rings. The number of benzene rings is 4. The Labute approximate surface area is 209 Å². The smallest absolute Gasteiger partial charge is 0.275 e. The van der Waals surface area contributed by atoms with Crippen LogP contribution in [0.25, 0.3) is 0 Å². The molecule has 178 valence electrons. The molecule has 0 aromatic heterocycles. The maximum atomic E-state index is 11.3. The molecule has 6 rings (SSSR count). The SMILES string of the molecule is CC1(C)OC2(c3ccccc3)N(c3ccc([N+](=O)[O-])cc3)N=C(c3ccccc3)N2c2ccccc21. The number of non-ortho nitro benzene ring substituents is 1. The second-order valence-electron chi connectivity index (χ2n) is 9.31. The summed E-state index contributed by atoms with van der Waals surface area (Å²) in [5.74, 6) is -0.443. The van der Waals surface area contributed by atoms with E-state index in [4.69, 9.17) is 9.84 Å². The minimum atomic E-state index is -1.17. The van der Waals surface area contributed by atoms with Crippen LogP contribution in [0.1, 0.15) is 30.5 Å². The van der Waals surface area contributed by atoms with Gasteiger partial charge < -0.3 is 4.74 Å². The summed E-state index contributed by atoms with van der Waals surface area (Å²) in [5, 5.41) is 18.3. The largest absolute Gasteiger partial charge is 0.322 e. The van der Waals surface area contributed by atoms with Gasteiger partial charge in [-0.1, -0.05) is 78.9 Å². The van der Waals surface area contributed by atoms with Gasteiger partial charge in [0, 0.05) is 28.8 Å². The Hall–Kier alpha value is -4.49. The zero-order chi connectivity index (χ0) is 24.9. The molecule has 0 amide bonds. The van der Waals surface area contributed by atoms with Gasteiger partial charge in [-0.2, -0.15) is 0 Å². The molecule has 1 atom stereocenters.